The average molecular weight is 485 g/mol. The molecule has 9 heteroatoms. The summed E-state index contributed by atoms with van der Waals surface area (Å²) in [6.07, 6.45) is 4.58. The number of rotatable bonds is 9. The normalized spacial score (nSPS) is 31.8. The Hall–Kier alpha value is -2.45. The first-order valence-electron chi connectivity index (χ1n) is 11.9. The molecule has 6 atom stereocenters. The molecular formula is C25H34F2O7. The van der Waals surface area contributed by atoms with Crippen LogP contribution in [-0.4, -0.2) is 55.2 Å². The molecule has 3 rings (SSSR count). The minimum absolute atomic E-state index is 0.203. The number of methoxy groups -OCH3 is 1. The molecule has 0 aromatic heterocycles. The summed E-state index contributed by atoms with van der Waals surface area (Å²) < 4.78 is 52.0. The van der Waals surface area contributed by atoms with Crippen LogP contribution in [0.15, 0.2) is 24.0 Å². The van der Waals surface area contributed by atoms with Crippen molar-refractivity contribution < 1.29 is 42.1 Å². The largest absolute Gasteiger partial charge is 0.491 e. The zero-order valence-corrected chi connectivity index (χ0v) is 20.0. The Morgan fingerprint density at radius 1 is 1.21 bits per heavy atom. The summed E-state index contributed by atoms with van der Waals surface area (Å²) in [7, 11) is 1.32. The minimum atomic E-state index is -1.66. The highest BCUT2D eigenvalue weighted by Crippen LogP contribution is 2.48. The molecule has 34 heavy (non-hydrogen) atoms. The molecule has 0 aromatic rings. The van der Waals surface area contributed by atoms with E-state index in [1.165, 1.54) is 27.0 Å². The number of carbonyl (C=O) groups is 3. The highest BCUT2D eigenvalue weighted by molar-refractivity contribution is 5.69. The lowest BCUT2D eigenvalue weighted by Crippen LogP contribution is -2.37. The third kappa shape index (κ3) is 6.16. The van der Waals surface area contributed by atoms with Crippen molar-refractivity contribution in [2.24, 2.45) is 11.8 Å². The van der Waals surface area contributed by atoms with E-state index in [9.17, 15) is 14.4 Å². The first-order chi connectivity index (χ1) is 16.1. The molecule has 0 amide bonds. The Morgan fingerprint density at radius 3 is 2.53 bits per heavy atom. The van der Waals surface area contributed by atoms with Crippen molar-refractivity contribution in [3.05, 3.63) is 24.0 Å². The fourth-order valence-corrected chi connectivity index (χ4v) is 5.30. The molecule has 2 saturated carbocycles. The number of allylic oxidation sites excluding steroid dienone is 2. The van der Waals surface area contributed by atoms with Gasteiger partial charge in [0.15, 0.2) is 17.9 Å². The van der Waals surface area contributed by atoms with E-state index in [1.54, 1.807) is 12.2 Å². The predicted molar refractivity (Wildman–Crippen MR) is 118 cm³/mol. The fraction of sp³-hybridized carbons (Fsp3) is 0.720. The van der Waals surface area contributed by atoms with E-state index in [4.69, 9.17) is 14.2 Å². The van der Waals surface area contributed by atoms with Gasteiger partial charge in [0.05, 0.1) is 7.11 Å². The molecule has 3 fully saturated rings. The van der Waals surface area contributed by atoms with Crippen LogP contribution in [0, 0.1) is 11.8 Å². The first kappa shape index (κ1) is 26.2. The molecule has 3 aliphatic rings. The van der Waals surface area contributed by atoms with Crippen molar-refractivity contribution >= 4 is 17.9 Å². The first-order valence-corrected chi connectivity index (χ1v) is 11.9. The third-order valence-corrected chi connectivity index (χ3v) is 6.89. The smallest absolute Gasteiger partial charge is 0.305 e. The molecule has 0 spiro atoms. The van der Waals surface area contributed by atoms with Gasteiger partial charge in [0, 0.05) is 38.5 Å². The van der Waals surface area contributed by atoms with Gasteiger partial charge in [0.25, 0.3) is 0 Å². The summed E-state index contributed by atoms with van der Waals surface area (Å²) >= 11 is 0. The standard InChI is InChI=1S/C25H34F2O7/c1-15(28)32-19-14-20-23(24(26)18(34-20)8-4-5-9-22(30)31-3)17(19)10-11-21(33-16(2)29)25(27)12-6-7-13-25/h8,10-11,17,19-21,23-24H,4-7,9,12-14H2,1-3H3. The SMILES string of the molecule is COC(=O)CCCC=C1OC2CC(OC(C)=O)C(C=CC(OC(C)=O)C3(F)CCCC3)C2C1F. The van der Waals surface area contributed by atoms with Gasteiger partial charge in [0.1, 0.15) is 18.0 Å². The zero-order valence-electron chi connectivity index (χ0n) is 20.0. The van der Waals surface area contributed by atoms with Crippen molar-refractivity contribution in [3.63, 3.8) is 0 Å². The number of hydrogen-bond donors (Lipinski definition) is 0. The van der Waals surface area contributed by atoms with Gasteiger partial charge in [-0.25, -0.2) is 8.78 Å². The highest BCUT2D eigenvalue weighted by atomic mass is 19.1. The van der Waals surface area contributed by atoms with E-state index < -0.39 is 53.9 Å². The van der Waals surface area contributed by atoms with Gasteiger partial charge in [-0.05, 0) is 50.7 Å². The molecule has 7 nitrogen and oxygen atoms in total. The van der Waals surface area contributed by atoms with E-state index >= 15 is 8.78 Å². The van der Waals surface area contributed by atoms with Crippen LogP contribution >= 0.6 is 0 Å². The number of esters is 3. The van der Waals surface area contributed by atoms with Crippen LogP contribution in [-0.2, 0) is 33.3 Å². The van der Waals surface area contributed by atoms with Crippen LogP contribution < -0.4 is 0 Å². The number of ether oxygens (including phenoxy) is 4. The minimum Gasteiger partial charge on any atom is -0.491 e. The van der Waals surface area contributed by atoms with E-state index in [0.717, 1.165) is 0 Å². The summed E-state index contributed by atoms with van der Waals surface area (Å²) in [5.41, 5.74) is -1.66. The Morgan fingerprint density at radius 2 is 1.91 bits per heavy atom. The third-order valence-electron chi connectivity index (χ3n) is 6.89. The van der Waals surface area contributed by atoms with Gasteiger partial charge in [-0.3, -0.25) is 14.4 Å². The molecule has 1 aliphatic heterocycles. The molecule has 1 saturated heterocycles. The molecule has 0 radical (unpaired) electrons. The van der Waals surface area contributed by atoms with E-state index in [0.29, 0.717) is 32.1 Å². The topological polar surface area (TPSA) is 88.1 Å². The second kappa shape index (κ2) is 11.3. The average Bonchev–Trinajstić information content (AvgIpc) is 3.44. The van der Waals surface area contributed by atoms with E-state index in [2.05, 4.69) is 4.74 Å². The monoisotopic (exact) mass is 484 g/mol. The van der Waals surface area contributed by atoms with Crippen molar-refractivity contribution in [2.45, 2.75) is 95.4 Å². The quantitative estimate of drug-likeness (QED) is 0.209. The summed E-state index contributed by atoms with van der Waals surface area (Å²) in [4.78, 5) is 34.5. The number of unbranched alkanes of at least 4 members (excludes halogenated alkanes) is 1. The van der Waals surface area contributed by atoms with Crippen LogP contribution in [0.3, 0.4) is 0 Å². The second-order valence-electron chi connectivity index (χ2n) is 9.33. The summed E-state index contributed by atoms with van der Waals surface area (Å²) in [5, 5.41) is 0. The molecule has 0 aromatic carbocycles. The van der Waals surface area contributed by atoms with Crippen molar-refractivity contribution in [3.8, 4) is 0 Å². The molecule has 1 heterocycles. The predicted octanol–water partition coefficient (Wildman–Crippen LogP) is 4.29. The van der Waals surface area contributed by atoms with Crippen LogP contribution in [0.4, 0.5) is 8.78 Å². The van der Waals surface area contributed by atoms with Crippen molar-refractivity contribution in [2.75, 3.05) is 7.11 Å². The maximum Gasteiger partial charge on any atom is 0.305 e. The molecule has 0 bridgehead atoms. The van der Waals surface area contributed by atoms with Gasteiger partial charge < -0.3 is 18.9 Å². The summed E-state index contributed by atoms with van der Waals surface area (Å²) in [5.74, 6) is -2.40. The number of alkyl halides is 2. The zero-order chi connectivity index (χ0) is 24.9. The molecule has 2 aliphatic carbocycles. The lowest BCUT2D eigenvalue weighted by atomic mass is 9.88. The number of fused-ring (bicyclic) bond motifs is 1. The lowest BCUT2D eigenvalue weighted by molar-refractivity contribution is -0.151. The van der Waals surface area contributed by atoms with Crippen LogP contribution in [0.2, 0.25) is 0 Å². The van der Waals surface area contributed by atoms with E-state index in [-0.39, 0.29) is 31.0 Å². The Kier molecular flexibility index (Phi) is 8.71. The summed E-state index contributed by atoms with van der Waals surface area (Å²) in [6, 6.07) is 0. The maximum atomic E-state index is 15.4. The summed E-state index contributed by atoms with van der Waals surface area (Å²) in [6.45, 7) is 2.51. The van der Waals surface area contributed by atoms with Crippen molar-refractivity contribution in [1.82, 2.24) is 0 Å². The van der Waals surface area contributed by atoms with Gasteiger partial charge in [-0.1, -0.05) is 6.08 Å². The Bertz CT molecular complexity index is 818. The second-order valence-corrected chi connectivity index (χ2v) is 9.33. The van der Waals surface area contributed by atoms with Gasteiger partial charge >= 0.3 is 17.9 Å². The lowest BCUT2D eigenvalue weighted by Gasteiger charge is -2.28. The Balaban J connectivity index is 1.76. The number of halogens is 2. The number of hydrogen-bond acceptors (Lipinski definition) is 7. The van der Waals surface area contributed by atoms with Crippen LogP contribution in [0.1, 0.15) is 65.2 Å². The Labute approximate surface area is 198 Å². The van der Waals surface area contributed by atoms with Gasteiger partial charge in [0.2, 0.25) is 0 Å². The molecule has 0 N–H and O–H groups in total. The van der Waals surface area contributed by atoms with Gasteiger partial charge in [-0.2, -0.15) is 0 Å². The highest BCUT2D eigenvalue weighted by Gasteiger charge is 2.55. The fourth-order valence-electron chi connectivity index (χ4n) is 5.30. The number of carbonyl (C=O) groups excluding carboxylic acids is 3. The van der Waals surface area contributed by atoms with Crippen LogP contribution in [0.5, 0.6) is 0 Å². The van der Waals surface area contributed by atoms with E-state index in [1.807, 2.05) is 0 Å². The maximum absolute atomic E-state index is 15.4. The molecule has 6 unspecified atom stereocenters. The molecular weight excluding hydrogens is 450 g/mol. The van der Waals surface area contributed by atoms with Crippen molar-refractivity contribution in [1.29, 1.82) is 0 Å². The van der Waals surface area contributed by atoms with Gasteiger partial charge in [-0.15, -0.1) is 0 Å². The molecule has 190 valence electrons. The van der Waals surface area contributed by atoms with Crippen LogP contribution in [0.25, 0.3) is 0 Å².